The number of methoxy groups -OCH3 is 1. The second kappa shape index (κ2) is 10.6. The molecule has 0 radical (unpaired) electrons. The number of nitrogens with one attached hydrogen (secondary N) is 1. The van der Waals surface area contributed by atoms with E-state index in [4.69, 9.17) is 14.6 Å². The van der Waals surface area contributed by atoms with Crippen molar-refractivity contribution in [3.8, 4) is 0 Å². The Balaban J connectivity index is 2.00. The normalized spacial score (nSPS) is 22.0. The molecule has 1 fully saturated rings. The monoisotopic (exact) mass is 301 g/mol. The maximum atomic E-state index is 11.9. The molecule has 0 unspecified atom stereocenters. The van der Waals surface area contributed by atoms with Crippen LogP contribution in [0.2, 0.25) is 0 Å². The first-order valence-corrected chi connectivity index (χ1v) is 7.72. The van der Waals surface area contributed by atoms with Gasteiger partial charge >= 0.3 is 5.97 Å². The topological polar surface area (TPSA) is 84.9 Å². The highest BCUT2D eigenvalue weighted by Crippen LogP contribution is 2.28. The summed E-state index contributed by atoms with van der Waals surface area (Å²) in [6, 6.07) is 0. The van der Waals surface area contributed by atoms with Gasteiger partial charge in [0, 0.05) is 26.2 Å². The maximum absolute atomic E-state index is 11.9. The van der Waals surface area contributed by atoms with Crippen molar-refractivity contribution in [1.82, 2.24) is 5.32 Å². The van der Waals surface area contributed by atoms with Gasteiger partial charge in [-0.25, -0.2) is 0 Å². The molecule has 0 atom stereocenters. The van der Waals surface area contributed by atoms with E-state index in [-0.39, 0.29) is 17.7 Å². The fourth-order valence-corrected chi connectivity index (χ4v) is 2.53. The smallest absolute Gasteiger partial charge is 0.306 e. The Hall–Kier alpha value is -1.14. The number of hydrogen-bond donors (Lipinski definition) is 2. The molecule has 0 bridgehead atoms. The Morgan fingerprint density at radius 3 is 2.33 bits per heavy atom. The number of carbonyl (C=O) groups is 2. The SMILES string of the molecule is COCCOCCCCNC(=O)C1CCC(C(=O)O)CC1. The molecule has 0 saturated heterocycles. The fraction of sp³-hybridized carbons (Fsp3) is 0.867. The first-order chi connectivity index (χ1) is 10.1. The van der Waals surface area contributed by atoms with E-state index in [9.17, 15) is 9.59 Å². The molecule has 6 heteroatoms. The minimum absolute atomic E-state index is 0.0152. The van der Waals surface area contributed by atoms with Crippen molar-refractivity contribution >= 4 is 11.9 Å². The molecule has 6 nitrogen and oxygen atoms in total. The van der Waals surface area contributed by atoms with Crippen LogP contribution < -0.4 is 5.32 Å². The molecular formula is C15H27NO5. The highest BCUT2D eigenvalue weighted by atomic mass is 16.5. The zero-order valence-corrected chi connectivity index (χ0v) is 12.8. The molecule has 2 N–H and O–H groups in total. The zero-order valence-electron chi connectivity index (χ0n) is 12.8. The molecule has 0 heterocycles. The highest BCUT2D eigenvalue weighted by Gasteiger charge is 2.29. The van der Waals surface area contributed by atoms with E-state index < -0.39 is 5.97 Å². The third-order valence-corrected chi connectivity index (χ3v) is 3.89. The van der Waals surface area contributed by atoms with Crippen molar-refractivity contribution in [3.05, 3.63) is 0 Å². The van der Waals surface area contributed by atoms with Crippen molar-refractivity contribution in [1.29, 1.82) is 0 Å². The lowest BCUT2D eigenvalue weighted by atomic mass is 9.81. The van der Waals surface area contributed by atoms with Crippen LogP contribution in [0.1, 0.15) is 38.5 Å². The minimum atomic E-state index is -0.734. The van der Waals surface area contributed by atoms with Crippen LogP contribution in [0.4, 0.5) is 0 Å². The number of hydrogen-bond acceptors (Lipinski definition) is 4. The molecule has 0 aromatic carbocycles. The van der Waals surface area contributed by atoms with Gasteiger partial charge in [-0.05, 0) is 38.5 Å². The van der Waals surface area contributed by atoms with Crippen LogP contribution in [0.3, 0.4) is 0 Å². The van der Waals surface area contributed by atoms with Crippen LogP contribution in [0, 0.1) is 11.8 Å². The van der Waals surface area contributed by atoms with Crippen molar-refractivity contribution in [2.24, 2.45) is 11.8 Å². The first-order valence-electron chi connectivity index (χ1n) is 7.72. The summed E-state index contributed by atoms with van der Waals surface area (Å²) in [7, 11) is 1.64. The van der Waals surface area contributed by atoms with E-state index in [1.807, 2.05) is 0 Å². The second-order valence-corrected chi connectivity index (χ2v) is 5.49. The molecule has 0 spiro atoms. The molecule has 1 amide bonds. The summed E-state index contributed by atoms with van der Waals surface area (Å²) in [5.74, 6) is -0.946. The van der Waals surface area contributed by atoms with Gasteiger partial charge in [0.2, 0.25) is 5.91 Å². The lowest BCUT2D eigenvalue weighted by Gasteiger charge is -2.25. The summed E-state index contributed by atoms with van der Waals surface area (Å²) >= 11 is 0. The van der Waals surface area contributed by atoms with Crippen molar-refractivity contribution < 1.29 is 24.2 Å². The molecule has 1 saturated carbocycles. The van der Waals surface area contributed by atoms with Gasteiger partial charge in [0.15, 0.2) is 0 Å². The number of amides is 1. The van der Waals surface area contributed by atoms with Gasteiger partial charge in [0.1, 0.15) is 0 Å². The number of carboxylic acid groups (broad SMARTS) is 1. The summed E-state index contributed by atoms with van der Waals surface area (Å²) in [5.41, 5.74) is 0. The maximum Gasteiger partial charge on any atom is 0.306 e. The van der Waals surface area contributed by atoms with Gasteiger partial charge in [0.05, 0.1) is 19.1 Å². The Bertz CT molecular complexity index is 313. The van der Waals surface area contributed by atoms with Gasteiger partial charge in [-0.3, -0.25) is 9.59 Å². The van der Waals surface area contributed by atoms with E-state index in [0.29, 0.717) is 52.0 Å². The van der Waals surface area contributed by atoms with Crippen molar-refractivity contribution in [3.63, 3.8) is 0 Å². The summed E-state index contributed by atoms with van der Waals surface area (Å²) in [6.45, 7) is 2.56. The van der Waals surface area contributed by atoms with Crippen LogP contribution in [0.15, 0.2) is 0 Å². The number of carboxylic acids is 1. The predicted octanol–water partition coefficient (Wildman–Crippen LogP) is 1.44. The Morgan fingerprint density at radius 1 is 1.05 bits per heavy atom. The van der Waals surface area contributed by atoms with E-state index in [2.05, 4.69) is 5.32 Å². The standard InChI is InChI=1S/C15H27NO5/c1-20-10-11-21-9-3-2-8-16-14(17)12-4-6-13(7-5-12)15(18)19/h12-13H,2-11H2,1H3,(H,16,17)(H,18,19). The van der Waals surface area contributed by atoms with Gasteiger partial charge in [-0.15, -0.1) is 0 Å². The van der Waals surface area contributed by atoms with Gasteiger partial charge in [-0.2, -0.15) is 0 Å². The summed E-state index contributed by atoms with van der Waals surface area (Å²) in [6.07, 6.45) is 4.40. The van der Waals surface area contributed by atoms with Gasteiger partial charge < -0.3 is 19.9 Å². The molecule has 1 rings (SSSR count). The number of ether oxygens (including phenoxy) is 2. The lowest BCUT2D eigenvalue weighted by Crippen LogP contribution is -2.34. The Kier molecular flexibility index (Phi) is 9.01. The number of aliphatic carboxylic acids is 1. The third kappa shape index (κ3) is 7.43. The Labute approximate surface area is 126 Å². The van der Waals surface area contributed by atoms with Crippen LogP contribution in [0.25, 0.3) is 0 Å². The summed E-state index contributed by atoms with van der Waals surface area (Å²) in [4.78, 5) is 22.8. The zero-order chi connectivity index (χ0) is 15.5. The van der Waals surface area contributed by atoms with E-state index >= 15 is 0 Å². The summed E-state index contributed by atoms with van der Waals surface area (Å²) in [5, 5.41) is 11.9. The first kappa shape index (κ1) is 17.9. The lowest BCUT2D eigenvalue weighted by molar-refractivity contribution is -0.144. The third-order valence-electron chi connectivity index (χ3n) is 3.89. The van der Waals surface area contributed by atoms with Gasteiger partial charge in [0.25, 0.3) is 0 Å². The van der Waals surface area contributed by atoms with Crippen molar-refractivity contribution in [2.75, 3.05) is 33.5 Å². The predicted molar refractivity (Wildman–Crippen MR) is 78.0 cm³/mol. The minimum Gasteiger partial charge on any atom is -0.481 e. The quantitative estimate of drug-likeness (QED) is 0.596. The molecule has 0 aromatic heterocycles. The number of carbonyl (C=O) groups excluding carboxylic acids is 1. The Morgan fingerprint density at radius 2 is 1.71 bits per heavy atom. The van der Waals surface area contributed by atoms with E-state index in [0.717, 1.165) is 12.8 Å². The van der Waals surface area contributed by atoms with E-state index in [1.165, 1.54) is 0 Å². The van der Waals surface area contributed by atoms with Gasteiger partial charge in [-0.1, -0.05) is 0 Å². The number of unbranched alkanes of at least 4 members (excludes halogenated alkanes) is 1. The molecule has 122 valence electrons. The van der Waals surface area contributed by atoms with Crippen LogP contribution in [0.5, 0.6) is 0 Å². The molecular weight excluding hydrogens is 274 g/mol. The van der Waals surface area contributed by atoms with Crippen molar-refractivity contribution in [2.45, 2.75) is 38.5 Å². The molecule has 0 aromatic rings. The second-order valence-electron chi connectivity index (χ2n) is 5.49. The van der Waals surface area contributed by atoms with Crippen LogP contribution >= 0.6 is 0 Å². The average Bonchev–Trinajstić information content (AvgIpc) is 2.49. The molecule has 0 aliphatic heterocycles. The van der Waals surface area contributed by atoms with E-state index in [1.54, 1.807) is 7.11 Å². The van der Waals surface area contributed by atoms with Crippen LogP contribution in [-0.4, -0.2) is 50.5 Å². The summed E-state index contributed by atoms with van der Waals surface area (Å²) < 4.78 is 10.2. The number of rotatable bonds is 10. The highest BCUT2D eigenvalue weighted by molar-refractivity contribution is 5.79. The fourth-order valence-electron chi connectivity index (χ4n) is 2.53. The average molecular weight is 301 g/mol. The molecule has 1 aliphatic rings. The largest absolute Gasteiger partial charge is 0.481 e. The van der Waals surface area contributed by atoms with Crippen LogP contribution in [-0.2, 0) is 19.1 Å². The molecule has 21 heavy (non-hydrogen) atoms. The molecule has 1 aliphatic carbocycles.